The normalized spacial score (nSPS) is 17.6. The van der Waals surface area contributed by atoms with E-state index in [0.717, 1.165) is 38.9 Å². The monoisotopic (exact) mass is 1640 g/mol. The molecule has 0 saturated heterocycles. The molecule has 0 saturated carbocycles. The molecule has 0 spiro atoms. The third kappa shape index (κ3) is 16.7. The van der Waals surface area contributed by atoms with Crippen LogP contribution in [0.25, 0.3) is 45.0 Å². The number of anilines is 4. The fraction of sp³-hybridized carbons (Fsp3) is 0.300. The maximum absolute atomic E-state index is 13.5. The maximum Gasteiger partial charge on any atom is 0.347 e. The predicted molar refractivity (Wildman–Crippen MR) is 438 cm³/mol. The van der Waals surface area contributed by atoms with Crippen LogP contribution in [0.4, 0.5) is 23.3 Å². The van der Waals surface area contributed by atoms with E-state index in [1.54, 1.807) is 66.3 Å². The summed E-state index contributed by atoms with van der Waals surface area (Å²) in [6.45, 7) is 14.8. The maximum atomic E-state index is 13.5. The third-order valence-corrected chi connectivity index (χ3v) is 23.9. The molecule has 39 heteroatoms. The number of nitrogens with zero attached hydrogens (tertiary/aromatic N) is 21. The van der Waals surface area contributed by atoms with Crippen molar-refractivity contribution >= 4 is 55.5 Å². The first-order valence-corrected chi connectivity index (χ1v) is 40.5. The number of hydrogen-bond donors (Lipinski definition) is 6. The Morgan fingerprint density at radius 3 is 1.38 bits per heavy atom. The van der Waals surface area contributed by atoms with Gasteiger partial charge in [-0.25, -0.2) is 57.3 Å². The van der Waals surface area contributed by atoms with Crippen molar-refractivity contribution in [2.45, 2.75) is 115 Å². The van der Waals surface area contributed by atoms with Crippen LogP contribution in [-0.2, 0) is 67.3 Å². The molecule has 36 nitrogen and oxygen atoms in total. The average Bonchev–Trinajstić information content (AvgIpc) is 1.74. The number of rotatable bonds is 0. The summed E-state index contributed by atoms with van der Waals surface area (Å²) in [7, 11) is 1.04. The summed E-state index contributed by atoms with van der Waals surface area (Å²) >= 11 is 0. The molecule has 4 aromatic carbocycles. The Hall–Kier alpha value is -14.1. The van der Waals surface area contributed by atoms with Crippen LogP contribution in [0.15, 0.2) is 107 Å². The van der Waals surface area contributed by atoms with Crippen molar-refractivity contribution in [2.24, 2.45) is 28.2 Å². The van der Waals surface area contributed by atoms with Crippen molar-refractivity contribution in [3.63, 3.8) is 0 Å². The van der Waals surface area contributed by atoms with E-state index in [9.17, 15) is 38.7 Å². The number of nitrogens with one attached hydrogen (secondary N) is 1. The minimum atomic E-state index is -3.89. The van der Waals surface area contributed by atoms with Crippen molar-refractivity contribution < 1.29 is 46.1 Å². The molecule has 10 N–H and O–H groups in total. The molecule has 8 bridgehead atoms. The minimum absolute atomic E-state index is 0.0555. The highest BCUT2D eigenvalue weighted by Crippen LogP contribution is 2.41. The summed E-state index contributed by atoms with van der Waals surface area (Å²) in [5, 5.41) is 66.9. The predicted octanol–water partition coefficient (Wildman–Crippen LogP) is 8.73. The molecule has 608 valence electrons. The lowest BCUT2D eigenvalue weighted by atomic mass is 9.59. The van der Waals surface area contributed by atoms with Gasteiger partial charge in [-0.1, -0.05) is 70.8 Å². The lowest BCUT2D eigenvalue weighted by Crippen LogP contribution is -2.34. The molecule has 5 atom stereocenters. The first-order valence-electron chi connectivity index (χ1n) is 37.3. The summed E-state index contributed by atoms with van der Waals surface area (Å²) in [5.41, 5.74) is 37.8. The molecule has 12 aromatic rings. The van der Waals surface area contributed by atoms with Crippen LogP contribution in [0.5, 0.6) is 35.1 Å². The number of aryl methyl sites for hydroxylation is 10. The highest BCUT2D eigenvalue weighted by molar-refractivity contribution is 7.92. The first kappa shape index (κ1) is 82.9. The smallest absolute Gasteiger partial charge is 0.347 e. The van der Waals surface area contributed by atoms with Gasteiger partial charge in [-0.3, -0.25) is 18.7 Å². The largest absolute Gasteiger partial charge is 0.490 e. The van der Waals surface area contributed by atoms with Gasteiger partial charge in [-0.05, 0) is 104 Å². The van der Waals surface area contributed by atoms with Crippen molar-refractivity contribution in [3.8, 4) is 104 Å². The molecule has 4 aliphatic heterocycles. The lowest BCUT2D eigenvalue weighted by Gasteiger charge is -2.23. The molecule has 4 aliphatic rings. The fourth-order valence-electron chi connectivity index (χ4n) is 14.1. The standard InChI is InChI=1S/C20H21BN6O2.C20H21N7O3S.C20H21N7O2S.C20H20N6O3/c1-11-4-5-13-6-7-21(28)18-17(16(9-22)27(3)26-18)15-10-24-19(23)20(25-15)29-12(2)14(13)8-11;1-11-5-6-17-13(7-11)12(2)30-20-19(22)23-9-14(24-20)18-15(10-26(3)31(17,28)29)25-27(4)16(18)8-21;1-11-4-5-17-13(8-11)12(2)29-20-19(22)24-10-15(25-20)18-14(6-7-30(17,23)28)26-27(3)16(18)9-21;1-11-4-5-16-13(8-11)12(2)29-20-18(22)23-10-14(24-20)17-15(9-21)26(3)25-19(17)28-7-6-27-16/h4-5,8,10,12,28H,6-7H2,1-3H3,(H2,23,24);5-7,9,12H,10H2,1-4H3,(H2,22,23);4-5,8,10,12,23H,6-7H2,1-3H3,(H2,22,24);4-5,8,10,12H,6-7H2,1-3H3,(H2,22,23)/t2*12-;12-,30?;12-/m1111/s1. The van der Waals surface area contributed by atoms with Gasteiger partial charge in [0.1, 0.15) is 96.0 Å². The lowest BCUT2D eigenvalue weighted by molar-refractivity contribution is 0.192. The van der Waals surface area contributed by atoms with Gasteiger partial charge in [0, 0.05) is 64.1 Å². The van der Waals surface area contributed by atoms with E-state index in [1.807, 2.05) is 77.9 Å². The second-order valence-corrected chi connectivity index (χ2v) is 32.9. The number of benzene rings is 4. The SMILES string of the molecule is Cc1ccc2c(c1)[C@@H](C)Oc1nc(cnc1N)-c1c(nn(C)c1C#N)B(O)CC2.Cc1ccc2c(c1)[C@@H](C)Oc1nc(cnc1N)-c1c(nn(C)c1C#N)CCS2(=N)=O.Cc1ccc2c(c1)[C@@H](C)Oc1nc(cnc1N)-c1c(nn(C)c1C#N)CN(C)S2(=O)=O.Cc1ccc2c(c1)[C@@H](C)Oc1nc(cnc1N)-c1c(nn(C)c1C#N)OCCO2. The second kappa shape index (κ2) is 33.6. The van der Waals surface area contributed by atoms with E-state index >= 15 is 0 Å². The number of sulfonamides is 1. The van der Waals surface area contributed by atoms with Crippen molar-refractivity contribution in [1.29, 1.82) is 25.8 Å². The van der Waals surface area contributed by atoms with Gasteiger partial charge < -0.3 is 56.4 Å². The van der Waals surface area contributed by atoms with Gasteiger partial charge in [0.05, 0.1) is 102 Å². The number of aromatic nitrogens is 16. The first-order chi connectivity index (χ1) is 56.7. The summed E-state index contributed by atoms with van der Waals surface area (Å²) in [6.07, 6.45) is 5.26. The third-order valence-electron chi connectivity index (χ3n) is 20.2. The van der Waals surface area contributed by atoms with Gasteiger partial charge in [-0.15, -0.1) is 5.10 Å². The average molecular weight is 1640 g/mol. The zero-order valence-electron chi connectivity index (χ0n) is 67.2. The summed E-state index contributed by atoms with van der Waals surface area (Å²) in [4.78, 5) is 35.4. The van der Waals surface area contributed by atoms with E-state index in [-0.39, 0.29) is 101 Å². The summed E-state index contributed by atoms with van der Waals surface area (Å²) < 4.78 is 91.8. The Balaban J connectivity index is 0.000000137. The van der Waals surface area contributed by atoms with Crippen molar-refractivity contribution in [1.82, 2.24) is 83.3 Å². The molecule has 0 aliphatic carbocycles. The topological polar surface area (TPSA) is 528 Å². The quantitative estimate of drug-likeness (QED) is 0.0772. The van der Waals surface area contributed by atoms with E-state index in [0.29, 0.717) is 120 Å². The number of ether oxygens (including phenoxy) is 6. The summed E-state index contributed by atoms with van der Waals surface area (Å²) in [6, 6.07) is 31.0. The number of nitrogen functional groups attached to an aromatic ring is 4. The molecule has 0 amide bonds. The van der Waals surface area contributed by atoms with Crippen LogP contribution in [-0.4, -0.2) is 134 Å². The fourth-order valence-corrected chi connectivity index (χ4v) is 17.1. The zero-order chi connectivity index (χ0) is 85.4. The molecule has 0 fully saturated rings. The number of fused-ring (bicyclic) bond motifs is 20. The molecular formula is C80H83BN26O10S2. The van der Waals surface area contributed by atoms with Crippen LogP contribution < -0.4 is 56.9 Å². The Morgan fingerprint density at radius 1 is 0.471 bits per heavy atom. The van der Waals surface area contributed by atoms with Crippen LogP contribution in [0, 0.1) is 77.8 Å². The summed E-state index contributed by atoms with van der Waals surface area (Å²) in [5.74, 6) is 2.02. The molecule has 1 unspecified atom stereocenters. The molecule has 119 heavy (non-hydrogen) atoms. The highest BCUT2D eigenvalue weighted by atomic mass is 32.2. The van der Waals surface area contributed by atoms with Crippen LogP contribution in [0.1, 0.15) is 136 Å². The van der Waals surface area contributed by atoms with Crippen LogP contribution in [0.3, 0.4) is 0 Å². The van der Waals surface area contributed by atoms with Gasteiger partial charge in [0.2, 0.25) is 15.9 Å². The minimum Gasteiger partial charge on any atom is -0.490 e. The van der Waals surface area contributed by atoms with Crippen molar-refractivity contribution in [3.05, 3.63) is 182 Å². The molecule has 16 rings (SSSR count). The Bertz CT molecular complexity index is 6440. The molecule has 12 heterocycles. The van der Waals surface area contributed by atoms with E-state index < -0.39 is 38.9 Å². The van der Waals surface area contributed by atoms with E-state index in [2.05, 4.69) is 96.7 Å². The highest BCUT2D eigenvalue weighted by Gasteiger charge is 2.35. The number of nitrogens with two attached hydrogens (primary N) is 4. The second-order valence-electron chi connectivity index (χ2n) is 28.7. The number of nitriles is 4. The van der Waals surface area contributed by atoms with Crippen LogP contribution >= 0.6 is 0 Å². The van der Waals surface area contributed by atoms with Crippen LogP contribution in [0.2, 0.25) is 6.32 Å². The molecule has 0 radical (unpaired) electrons. The van der Waals surface area contributed by atoms with Gasteiger partial charge in [0.15, 0.2) is 29.0 Å². The Labute approximate surface area is 685 Å². The van der Waals surface area contributed by atoms with Gasteiger partial charge in [-0.2, -0.15) is 40.6 Å². The van der Waals surface area contributed by atoms with E-state index in [4.69, 9.17) is 56.1 Å². The molecule has 8 aromatic heterocycles. The Morgan fingerprint density at radius 2 is 0.857 bits per heavy atom. The zero-order valence-corrected chi connectivity index (χ0v) is 68.8. The van der Waals surface area contributed by atoms with Gasteiger partial charge >= 0.3 is 6.92 Å². The van der Waals surface area contributed by atoms with E-state index in [1.165, 1.54) is 54.9 Å². The Kier molecular flexibility index (Phi) is 23.4. The number of hydrogen-bond acceptors (Lipinski definition) is 31. The van der Waals surface area contributed by atoms with Gasteiger partial charge in [0.25, 0.3) is 23.5 Å². The molecular weight excluding hydrogens is 1560 g/mol. The van der Waals surface area contributed by atoms with Crippen molar-refractivity contribution in [2.75, 3.05) is 48.9 Å².